The van der Waals surface area contributed by atoms with Gasteiger partial charge in [-0.2, -0.15) is 12.6 Å². The number of rotatable bonds is 6. The second-order valence-electron chi connectivity index (χ2n) is 3.81. The van der Waals surface area contributed by atoms with E-state index in [1.807, 2.05) is 19.1 Å². The number of hydrogen-bond acceptors (Lipinski definition) is 4. The maximum atomic E-state index is 11.3. The molecule has 0 bridgehead atoms. The molecule has 1 N–H and O–H groups in total. The number of thiol groups is 1. The minimum atomic E-state index is -0.467. The molecule has 0 heterocycles. The molecular formula is C13H19NO3S. The van der Waals surface area contributed by atoms with Crippen LogP contribution in [0.1, 0.15) is 18.9 Å². The van der Waals surface area contributed by atoms with Gasteiger partial charge < -0.3 is 9.47 Å². The minimum Gasteiger partial charge on any atom is -0.493 e. The number of carbonyl (C=O) groups excluding carboxylic acids is 1. The first-order chi connectivity index (χ1) is 8.67. The first kappa shape index (κ1) is 14.7. The molecule has 1 rings (SSSR count). The van der Waals surface area contributed by atoms with Crippen LogP contribution in [0.15, 0.2) is 18.2 Å². The second kappa shape index (κ2) is 7.87. The molecule has 1 aromatic rings. The normalized spacial score (nSPS) is 9.94. The lowest BCUT2D eigenvalue weighted by Crippen LogP contribution is -2.15. The predicted molar refractivity (Wildman–Crippen MR) is 75.8 cm³/mol. The highest BCUT2D eigenvalue weighted by Crippen LogP contribution is 2.22. The minimum absolute atomic E-state index is 0.297. The number of nitrogens with one attached hydrogen (secondary N) is 1. The summed E-state index contributed by atoms with van der Waals surface area (Å²) in [6, 6.07) is 5.49. The summed E-state index contributed by atoms with van der Waals surface area (Å²) in [4.78, 5) is 11.3. The molecule has 0 radical (unpaired) electrons. The molecule has 0 aromatic heterocycles. The molecule has 0 unspecified atom stereocenters. The lowest BCUT2D eigenvalue weighted by molar-refractivity contribution is 0.169. The Balaban J connectivity index is 2.58. The highest BCUT2D eigenvalue weighted by Gasteiger charge is 2.05. The molecule has 5 heteroatoms. The molecule has 4 nitrogen and oxygen atoms in total. The van der Waals surface area contributed by atoms with Crippen LogP contribution in [-0.2, 0) is 4.74 Å². The van der Waals surface area contributed by atoms with E-state index in [9.17, 15) is 4.79 Å². The van der Waals surface area contributed by atoms with Crippen molar-refractivity contribution in [2.24, 2.45) is 0 Å². The highest BCUT2D eigenvalue weighted by molar-refractivity contribution is 7.80. The number of aryl methyl sites for hydroxylation is 1. The summed E-state index contributed by atoms with van der Waals surface area (Å²) in [6.07, 6.45) is 0.501. The van der Waals surface area contributed by atoms with Gasteiger partial charge in [0.25, 0.3) is 0 Å². The molecule has 0 aliphatic rings. The largest absolute Gasteiger partial charge is 0.493 e. The van der Waals surface area contributed by atoms with Gasteiger partial charge in [0.1, 0.15) is 12.4 Å². The monoisotopic (exact) mass is 269 g/mol. The van der Waals surface area contributed by atoms with E-state index in [4.69, 9.17) is 9.47 Å². The molecule has 0 spiro atoms. The smallest absolute Gasteiger partial charge is 0.411 e. The summed E-state index contributed by atoms with van der Waals surface area (Å²) < 4.78 is 10.4. The number of amides is 1. The Kier molecular flexibility index (Phi) is 6.43. The van der Waals surface area contributed by atoms with Gasteiger partial charge in [-0.15, -0.1) is 0 Å². The average molecular weight is 269 g/mol. The van der Waals surface area contributed by atoms with Gasteiger partial charge in [-0.1, -0.05) is 6.92 Å². The van der Waals surface area contributed by atoms with Crippen molar-refractivity contribution in [3.8, 4) is 5.75 Å². The van der Waals surface area contributed by atoms with Crippen LogP contribution in [0.3, 0.4) is 0 Å². The maximum absolute atomic E-state index is 11.3. The molecule has 0 saturated carbocycles. The molecule has 0 aliphatic carbocycles. The topological polar surface area (TPSA) is 47.6 Å². The van der Waals surface area contributed by atoms with Gasteiger partial charge in [-0.05, 0) is 37.1 Å². The average Bonchev–Trinajstić information content (AvgIpc) is 2.35. The van der Waals surface area contributed by atoms with Gasteiger partial charge in [0.15, 0.2) is 0 Å². The van der Waals surface area contributed by atoms with Crippen molar-refractivity contribution < 1.29 is 14.3 Å². The Bertz CT molecular complexity index is 396. The third-order valence-corrected chi connectivity index (χ3v) is 2.39. The summed E-state index contributed by atoms with van der Waals surface area (Å²) in [6.45, 7) is 4.99. The van der Waals surface area contributed by atoms with Gasteiger partial charge in [-0.3, -0.25) is 5.32 Å². The predicted octanol–water partition coefficient (Wildman–Crippen LogP) is 3.26. The van der Waals surface area contributed by atoms with E-state index in [1.165, 1.54) is 0 Å². The van der Waals surface area contributed by atoms with Crippen LogP contribution in [0.25, 0.3) is 0 Å². The van der Waals surface area contributed by atoms with Crippen LogP contribution < -0.4 is 10.1 Å². The summed E-state index contributed by atoms with van der Waals surface area (Å²) in [7, 11) is 0. The Morgan fingerprint density at radius 1 is 1.39 bits per heavy atom. The van der Waals surface area contributed by atoms with E-state index < -0.39 is 6.09 Å². The second-order valence-corrected chi connectivity index (χ2v) is 4.26. The van der Waals surface area contributed by atoms with Crippen molar-refractivity contribution >= 4 is 24.4 Å². The quantitative estimate of drug-likeness (QED) is 0.779. The lowest BCUT2D eigenvalue weighted by Gasteiger charge is -2.10. The van der Waals surface area contributed by atoms with Gasteiger partial charge in [0.05, 0.1) is 6.61 Å². The molecule has 1 aromatic carbocycles. The first-order valence-electron chi connectivity index (χ1n) is 5.95. The third-order valence-electron chi connectivity index (χ3n) is 2.21. The standard InChI is InChI=1S/C13H19NO3S/c1-3-6-16-12-5-4-11(9-10(12)2)14-13(15)17-7-8-18/h4-5,9,18H,3,6-8H2,1-2H3,(H,14,15). The summed E-state index contributed by atoms with van der Waals surface area (Å²) in [5.74, 6) is 1.35. The van der Waals surface area contributed by atoms with E-state index in [1.54, 1.807) is 6.07 Å². The highest BCUT2D eigenvalue weighted by atomic mass is 32.1. The van der Waals surface area contributed by atoms with Crippen LogP contribution in [0.4, 0.5) is 10.5 Å². The molecule has 100 valence electrons. The van der Waals surface area contributed by atoms with Gasteiger partial charge in [0, 0.05) is 11.4 Å². The van der Waals surface area contributed by atoms with E-state index in [0.717, 1.165) is 17.7 Å². The van der Waals surface area contributed by atoms with Crippen molar-refractivity contribution in [3.63, 3.8) is 0 Å². The van der Waals surface area contributed by atoms with Crippen molar-refractivity contribution in [2.75, 3.05) is 24.3 Å². The first-order valence-corrected chi connectivity index (χ1v) is 6.58. The zero-order valence-corrected chi connectivity index (χ0v) is 11.6. The molecule has 1 amide bonds. The number of ether oxygens (including phenoxy) is 2. The summed E-state index contributed by atoms with van der Waals surface area (Å²) in [5.41, 5.74) is 1.68. The van der Waals surface area contributed by atoms with Crippen molar-refractivity contribution in [3.05, 3.63) is 23.8 Å². The van der Waals surface area contributed by atoms with Gasteiger partial charge >= 0.3 is 6.09 Å². The Morgan fingerprint density at radius 3 is 2.78 bits per heavy atom. The molecule has 0 saturated heterocycles. The Hall–Kier alpha value is -1.36. The number of carbonyl (C=O) groups is 1. The number of benzene rings is 1. The number of hydrogen-bond donors (Lipinski definition) is 2. The maximum Gasteiger partial charge on any atom is 0.411 e. The van der Waals surface area contributed by atoms with Crippen LogP contribution >= 0.6 is 12.6 Å². The van der Waals surface area contributed by atoms with Crippen molar-refractivity contribution in [2.45, 2.75) is 20.3 Å². The molecule has 0 atom stereocenters. The third kappa shape index (κ3) is 4.87. The molecular weight excluding hydrogens is 250 g/mol. The van der Waals surface area contributed by atoms with E-state index in [-0.39, 0.29) is 0 Å². The van der Waals surface area contributed by atoms with E-state index >= 15 is 0 Å². The fourth-order valence-electron chi connectivity index (χ4n) is 1.39. The number of anilines is 1. The van der Waals surface area contributed by atoms with Crippen LogP contribution in [-0.4, -0.2) is 25.1 Å². The zero-order valence-electron chi connectivity index (χ0n) is 10.7. The van der Waals surface area contributed by atoms with Crippen LogP contribution in [0, 0.1) is 6.92 Å². The lowest BCUT2D eigenvalue weighted by atomic mass is 10.2. The van der Waals surface area contributed by atoms with Crippen LogP contribution in [0.2, 0.25) is 0 Å². The fraction of sp³-hybridized carbons (Fsp3) is 0.462. The Labute approximate surface area is 113 Å². The van der Waals surface area contributed by atoms with Crippen LogP contribution in [0.5, 0.6) is 5.75 Å². The SMILES string of the molecule is CCCOc1ccc(NC(=O)OCCS)cc1C. The van der Waals surface area contributed by atoms with E-state index in [0.29, 0.717) is 24.7 Å². The van der Waals surface area contributed by atoms with Gasteiger partial charge in [-0.25, -0.2) is 4.79 Å². The summed E-state index contributed by atoms with van der Waals surface area (Å²) in [5, 5.41) is 2.65. The van der Waals surface area contributed by atoms with Gasteiger partial charge in [0.2, 0.25) is 0 Å². The summed E-state index contributed by atoms with van der Waals surface area (Å²) >= 11 is 3.96. The Morgan fingerprint density at radius 2 is 2.17 bits per heavy atom. The van der Waals surface area contributed by atoms with E-state index in [2.05, 4.69) is 24.9 Å². The van der Waals surface area contributed by atoms with Crippen molar-refractivity contribution in [1.82, 2.24) is 0 Å². The molecule has 18 heavy (non-hydrogen) atoms. The van der Waals surface area contributed by atoms with Crippen molar-refractivity contribution in [1.29, 1.82) is 0 Å². The molecule has 0 aliphatic heterocycles. The zero-order chi connectivity index (χ0) is 13.4. The fourth-order valence-corrected chi connectivity index (χ4v) is 1.48. The molecule has 0 fully saturated rings.